The Hall–Kier alpha value is -2.32. The van der Waals surface area contributed by atoms with Crippen LogP contribution in [-0.4, -0.2) is 67.7 Å². The van der Waals surface area contributed by atoms with Gasteiger partial charge in [-0.3, -0.25) is 14.4 Å². The molecule has 1 fully saturated rings. The maximum Gasteiger partial charge on any atom is 0.407 e. The number of amides is 3. The van der Waals surface area contributed by atoms with Crippen molar-refractivity contribution >= 4 is 24.4 Å². The maximum absolute atomic E-state index is 12.3. The Kier molecular flexibility index (Phi) is 7.41. The fourth-order valence-electron chi connectivity index (χ4n) is 3.22. The summed E-state index contributed by atoms with van der Waals surface area (Å²) in [5, 5.41) is 5.44. The third kappa shape index (κ3) is 5.89. The van der Waals surface area contributed by atoms with Crippen LogP contribution in [-0.2, 0) is 23.9 Å². The number of hydrogen-bond donors (Lipinski definition) is 2. The highest BCUT2D eigenvalue weighted by Gasteiger charge is 2.49. The van der Waals surface area contributed by atoms with Gasteiger partial charge in [-0.25, -0.2) is 4.79 Å². The van der Waals surface area contributed by atoms with Crippen molar-refractivity contribution in [2.75, 3.05) is 20.7 Å². The molecule has 0 bridgehead atoms. The molecule has 1 aliphatic rings. The van der Waals surface area contributed by atoms with Crippen LogP contribution in [0.2, 0.25) is 0 Å². The monoisotopic (exact) mass is 371 g/mol. The van der Waals surface area contributed by atoms with Crippen LogP contribution >= 0.6 is 0 Å². The van der Waals surface area contributed by atoms with Gasteiger partial charge in [-0.1, -0.05) is 0 Å². The van der Waals surface area contributed by atoms with E-state index in [0.29, 0.717) is 12.8 Å². The number of carbonyl (C=O) groups excluding carboxylic acids is 4. The molecule has 1 saturated carbocycles. The third-order valence-electron chi connectivity index (χ3n) is 4.35. The van der Waals surface area contributed by atoms with Gasteiger partial charge < -0.3 is 25.0 Å². The van der Waals surface area contributed by atoms with Crippen molar-refractivity contribution in [3.05, 3.63) is 0 Å². The van der Waals surface area contributed by atoms with Crippen LogP contribution < -0.4 is 10.6 Å². The number of carbonyl (C=O) groups is 4. The summed E-state index contributed by atoms with van der Waals surface area (Å²) in [6.07, 6.45) is 0.307. The smallest absolute Gasteiger partial charge is 0.407 e. The van der Waals surface area contributed by atoms with Crippen molar-refractivity contribution in [1.82, 2.24) is 15.5 Å². The van der Waals surface area contributed by atoms with E-state index in [0.717, 1.165) is 0 Å². The lowest BCUT2D eigenvalue weighted by Gasteiger charge is -2.31. The van der Waals surface area contributed by atoms with Gasteiger partial charge in [-0.05, 0) is 27.2 Å². The molecule has 1 rings (SSSR count). The van der Waals surface area contributed by atoms with E-state index < -0.39 is 41.6 Å². The zero-order chi connectivity index (χ0) is 20.1. The summed E-state index contributed by atoms with van der Waals surface area (Å²) < 4.78 is 10.2. The number of methoxy groups -OCH3 is 1. The van der Waals surface area contributed by atoms with E-state index in [1.54, 1.807) is 27.8 Å². The average Bonchev–Trinajstić information content (AvgIpc) is 2.87. The zero-order valence-corrected chi connectivity index (χ0v) is 16.2. The highest BCUT2D eigenvalue weighted by atomic mass is 16.6. The summed E-state index contributed by atoms with van der Waals surface area (Å²) in [7, 11) is 2.86. The van der Waals surface area contributed by atoms with Gasteiger partial charge in [0.25, 0.3) is 0 Å². The van der Waals surface area contributed by atoms with E-state index >= 15 is 0 Å². The van der Waals surface area contributed by atoms with Gasteiger partial charge in [-0.15, -0.1) is 0 Å². The van der Waals surface area contributed by atoms with Gasteiger partial charge in [0.15, 0.2) is 0 Å². The van der Waals surface area contributed by atoms with Crippen LogP contribution in [0.1, 0.15) is 34.1 Å². The molecule has 0 heterocycles. The molecule has 0 radical (unpaired) electrons. The quantitative estimate of drug-likeness (QED) is 0.512. The Morgan fingerprint density at radius 2 is 1.88 bits per heavy atom. The van der Waals surface area contributed by atoms with Crippen molar-refractivity contribution < 1.29 is 28.7 Å². The second kappa shape index (κ2) is 8.86. The van der Waals surface area contributed by atoms with Crippen LogP contribution in [0.15, 0.2) is 0 Å². The number of nitrogens with one attached hydrogen (secondary N) is 2. The molecule has 0 aromatic heterocycles. The molecule has 3 amide bonds. The highest BCUT2D eigenvalue weighted by Crippen LogP contribution is 2.35. The lowest BCUT2D eigenvalue weighted by molar-refractivity contribution is -0.147. The molecule has 2 N–H and O–H groups in total. The second-order valence-corrected chi connectivity index (χ2v) is 7.48. The maximum atomic E-state index is 12.3. The minimum absolute atomic E-state index is 0.165. The molecule has 0 aromatic rings. The molecular weight excluding hydrogens is 342 g/mol. The Balaban J connectivity index is 3.10. The lowest BCUT2D eigenvalue weighted by Crippen LogP contribution is -2.53. The fraction of sp³-hybridized carbons (Fsp3) is 0.765. The molecule has 0 spiro atoms. The van der Waals surface area contributed by atoms with Gasteiger partial charge in [0.1, 0.15) is 5.60 Å². The van der Waals surface area contributed by atoms with Crippen LogP contribution in [0.25, 0.3) is 0 Å². The zero-order valence-electron chi connectivity index (χ0n) is 16.2. The standard InChI is InChI=1S/C17H29N3O6/c1-10(22)18-8-12-11(15(23)25-6)7-13(20(5)9-21)14(12)19-16(24)26-17(2,3)4/h9,11-14H,7-8H2,1-6H3,(H,18,22)(H,19,24)/t11-,12+,13+,14+/m1/s1. The second-order valence-electron chi connectivity index (χ2n) is 7.48. The van der Waals surface area contributed by atoms with Gasteiger partial charge in [-0.2, -0.15) is 0 Å². The van der Waals surface area contributed by atoms with Crippen LogP contribution in [0.4, 0.5) is 4.79 Å². The van der Waals surface area contributed by atoms with Crippen LogP contribution in [0.3, 0.4) is 0 Å². The predicted octanol–water partition coefficient (Wildman–Crippen LogP) is 0.282. The number of nitrogens with zero attached hydrogens (tertiary/aromatic N) is 1. The van der Waals surface area contributed by atoms with Gasteiger partial charge in [0.05, 0.1) is 25.1 Å². The Bertz CT molecular complexity index is 545. The van der Waals surface area contributed by atoms with E-state index in [4.69, 9.17) is 9.47 Å². The first kappa shape index (κ1) is 21.7. The number of hydrogen-bond acceptors (Lipinski definition) is 6. The van der Waals surface area contributed by atoms with Gasteiger partial charge in [0, 0.05) is 26.4 Å². The molecule has 9 nitrogen and oxygen atoms in total. The molecule has 0 aromatic carbocycles. The van der Waals surface area contributed by atoms with E-state index in [2.05, 4.69) is 10.6 Å². The summed E-state index contributed by atoms with van der Waals surface area (Å²) in [6.45, 7) is 6.75. The summed E-state index contributed by atoms with van der Waals surface area (Å²) in [6, 6.07) is -1.00. The Morgan fingerprint density at radius 3 is 2.35 bits per heavy atom. The summed E-state index contributed by atoms with van der Waals surface area (Å²) >= 11 is 0. The third-order valence-corrected chi connectivity index (χ3v) is 4.35. The van der Waals surface area contributed by atoms with Crippen LogP contribution in [0.5, 0.6) is 0 Å². The largest absolute Gasteiger partial charge is 0.469 e. The number of esters is 1. The highest BCUT2D eigenvalue weighted by molar-refractivity contribution is 5.75. The molecular formula is C17H29N3O6. The van der Waals surface area contributed by atoms with Crippen molar-refractivity contribution in [3.63, 3.8) is 0 Å². The number of ether oxygens (including phenoxy) is 2. The summed E-state index contributed by atoms with van der Waals surface area (Å²) in [5.41, 5.74) is -0.691. The Labute approximate surface area is 153 Å². The number of rotatable bonds is 6. The molecule has 9 heteroatoms. The first-order chi connectivity index (χ1) is 12.0. The topological polar surface area (TPSA) is 114 Å². The molecule has 148 valence electrons. The van der Waals surface area contributed by atoms with Crippen molar-refractivity contribution in [2.24, 2.45) is 11.8 Å². The normalized spacial score (nSPS) is 25.2. The molecule has 0 aliphatic heterocycles. The molecule has 26 heavy (non-hydrogen) atoms. The minimum atomic E-state index is -0.691. The van der Waals surface area contributed by atoms with Crippen molar-refractivity contribution in [3.8, 4) is 0 Å². The SMILES string of the molecule is COC(=O)[C@@H]1C[C@H](N(C)C=O)[C@@H](NC(=O)OC(C)(C)C)[C@H]1CNC(C)=O. The number of alkyl carbamates (subject to hydrolysis) is 1. The van der Waals surface area contributed by atoms with E-state index in [1.807, 2.05) is 0 Å². The van der Waals surface area contributed by atoms with Crippen molar-refractivity contribution in [1.29, 1.82) is 0 Å². The summed E-state index contributed by atoms with van der Waals surface area (Å²) in [4.78, 5) is 48.5. The first-order valence-electron chi connectivity index (χ1n) is 8.49. The van der Waals surface area contributed by atoms with E-state index in [1.165, 1.54) is 18.9 Å². The number of likely N-dealkylation sites (N-methyl/N-ethyl adjacent to an activating group) is 1. The molecule has 0 unspecified atom stereocenters. The molecule has 0 saturated heterocycles. The van der Waals surface area contributed by atoms with Gasteiger partial charge in [0.2, 0.25) is 12.3 Å². The summed E-state index contributed by atoms with van der Waals surface area (Å²) in [5.74, 6) is -1.71. The Morgan fingerprint density at radius 1 is 1.27 bits per heavy atom. The first-order valence-corrected chi connectivity index (χ1v) is 8.49. The lowest BCUT2D eigenvalue weighted by atomic mass is 9.93. The fourth-order valence-corrected chi connectivity index (χ4v) is 3.22. The van der Waals surface area contributed by atoms with E-state index in [-0.39, 0.29) is 12.5 Å². The molecule has 4 atom stereocenters. The van der Waals surface area contributed by atoms with Crippen LogP contribution in [0, 0.1) is 11.8 Å². The molecule has 1 aliphatic carbocycles. The van der Waals surface area contributed by atoms with Gasteiger partial charge >= 0.3 is 12.1 Å². The average molecular weight is 371 g/mol. The van der Waals surface area contributed by atoms with Crippen molar-refractivity contribution in [2.45, 2.75) is 51.8 Å². The van der Waals surface area contributed by atoms with E-state index in [9.17, 15) is 19.2 Å². The predicted molar refractivity (Wildman–Crippen MR) is 93.1 cm³/mol. The minimum Gasteiger partial charge on any atom is -0.469 e.